The Hall–Kier alpha value is -1.94. The van der Waals surface area contributed by atoms with E-state index in [1.54, 1.807) is 0 Å². The first-order chi connectivity index (χ1) is 10.1. The molecule has 0 fully saturated rings. The fourth-order valence-corrected chi connectivity index (χ4v) is 2.06. The van der Waals surface area contributed by atoms with Gasteiger partial charge in [-0.05, 0) is 44.0 Å². The lowest BCUT2D eigenvalue weighted by Gasteiger charge is -2.04. The summed E-state index contributed by atoms with van der Waals surface area (Å²) in [4.78, 5) is 4.40. The van der Waals surface area contributed by atoms with E-state index in [2.05, 4.69) is 60.5 Å². The molecular weight excluding hydrogens is 262 g/mol. The summed E-state index contributed by atoms with van der Waals surface area (Å²) in [5.74, 6) is 1.29. The molecule has 4 heteroatoms. The Kier molecular flexibility index (Phi) is 5.28. The summed E-state index contributed by atoms with van der Waals surface area (Å²) >= 11 is 0. The molecule has 0 amide bonds. The van der Waals surface area contributed by atoms with E-state index < -0.39 is 0 Å². The maximum Gasteiger partial charge on any atom is 0.250 e. The van der Waals surface area contributed by atoms with E-state index in [0.717, 1.165) is 24.2 Å². The Labute approximate surface area is 126 Å². The Bertz CT molecular complexity index is 599. The Morgan fingerprint density at radius 1 is 1.33 bits per heavy atom. The van der Waals surface area contributed by atoms with Gasteiger partial charge in [-0.25, -0.2) is 0 Å². The molecule has 0 aliphatic rings. The highest BCUT2D eigenvalue weighted by Gasteiger charge is 2.08. The molecule has 112 valence electrons. The molecule has 0 spiro atoms. The summed E-state index contributed by atoms with van der Waals surface area (Å²) in [7, 11) is 1.93. The van der Waals surface area contributed by atoms with Gasteiger partial charge in [0.15, 0.2) is 5.82 Å². The summed E-state index contributed by atoms with van der Waals surface area (Å²) in [5.41, 5.74) is 3.64. The third-order valence-corrected chi connectivity index (χ3v) is 3.62. The van der Waals surface area contributed by atoms with Gasteiger partial charge >= 0.3 is 0 Å². The van der Waals surface area contributed by atoms with Crippen LogP contribution in [0.2, 0.25) is 0 Å². The van der Waals surface area contributed by atoms with Gasteiger partial charge in [0.1, 0.15) is 0 Å². The molecule has 1 atom stereocenters. The first-order valence-electron chi connectivity index (χ1n) is 7.39. The molecule has 2 aromatic rings. The van der Waals surface area contributed by atoms with Crippen molar-refractivity contribution in [2.24, 2.45) is 0 Å². The van der Waals surface area contributed by atoms with Crippen molar-refractivity contribution >= 4 is 11.6 Å². The van der Waals surface area contributed by atoms with Gasteiger partial charge in [0.2, 0.25) is 0 Å². The van der Waals surface area contributed by atoms with Gasteiger partial charge in [0.25, 0.3) is 5.89 Å². The number of allylic oxidation sites excluding steroid dienone is 1. The number of rotatable bonds is 6. The number of hydrogen-bond acceptors (Lipinski definition) is 4. The average molecular weight is 285 g/mol. The Morgan fingerprint density at radius 2 is 2.05 bits per heavy atom. The quantitative estimate of drug-likeness (QED) is 0.884. The third kappa shape index (κ3) is 4.26. The fourth-order valence-electron chi connectivity index (χ4n) is 2.06. The van der Waals surface area contributed by atoms with Crippen LogP contribution in [0, 0.1) is 0 Å². The predicted octanol–water partition coefficient (Wildman–Crippen LogP) is 3.34. The van der Waals surface area contributed by atoms with Crippen LogP contribution < -0.4 is 5.32 Å². The molecule has 0 aliphatic carbocycles. The number of nitrogens with zero attached hydrogens (tertiary/aromatic N) is 2. The zero-order valence-electron chi connectivity index (χ0n) is 13.2. The molecule has 0 saturated heterocycles. The van der Waals surface area contributed by atoms with Crippen molar-refractivity contribution in [3.8, 4) is 0 Å². The Balaban J connectivity index is 2.10. The van der Waals surface area contributed by atoms with Crippen LogP contribution in [0.1, 0.15) is 43.6 Å². The average Bonchev–Trinajstić information content (AvgIpc) is 2.94. The number of benzene rings is 1. The summed E-state index contributed by atoms with van der Waals surface area (Å²) in [5, 5.41) is 7.17. The highest BCUT2D eigenvalue weighted by atomic mass is 16.5. The number of hydrogen-bond donors (Lipinski definition) is 1. The van der Waals surface area contributed by atoms with Gasteiger partial charge in [-0.1, -0.05) is 36.3 Å². The molecule has 0 aliphatic heterocycles. The van der Waals surface area contributed by atoms with Crippen molar-refractivity contribution in [3.05, 3.63) is 47.1 Å². The summed E-state index contributed by atoms with van der Waals surface area (Å²) in [6.45, 7) is 6.30. The van der Waals surface area contributed by atoms with Gasteiger partial charge in [-0.3, -0.25) is 0 Å². The minimum Gasteiger partial charge on any atom is -0.335 e. The van der Waals surface area contributed by atoms with Crippen molar-refractivity contribution in [3.63, 3.8) is 0 Å². The highest BCUT2D eigenvalue weighted by molar-refractivity contribution is 5.77. The van der Waals surface area contributed by atoms with E-state index >= 15 is 0 Å². The van der Waals surface area contributed by atoms with Crippen LogP contribution in [-0.2, 0) is 12.8 Å². The fraction of sp³-hybridized carbons (Fsp3) is 0.412. The molecule has 2 rings (SSSR count). The van der Waals surface area contributed by atoms with E-state index in [0.29, 0.717) is 11.9 Å². The second kappa shape index (κ2) is 7.18. The molecule has 0 radical (unpaired) electrons. The van der Waals surface area contributed by atoms with Crippen molar-refractivity contribution < 1.29 is 4.52 Å². The smallest absolute Gasteiger partial charge is 0.250 e. The topological polar surface area (TPSA) is 51.0 Å². The minimum absolute atomic E-state index is 0.335. The van der Waals surface area contributed by atoms with Crippen LogP contribution in [-0.4, -0.2) is 23.2 Å². The van der Waals surface area contributed by atoms with Crippen LogP contribution in [0.5, 0.6) is 0 Å². The lowest BCUT2D eigenvalue weighted by Crippen LogP contribution is -2.24. The van der Waals surface area contributed by atoms with Gasteiger partial charge in [-0.2, -0.15) is 4.98 Å². The molecule has 1 heterocycles. The molecule has 1 aromatic carbocycles. The van der Waals surface area contributed by atoms with Crippen LogP contribution in [0.15, 0.2) is 28.8 Å². The summed E-state index contributed by atoms with van der Waals surface area (Å²) in [6, 6.07) is 8.90. The van der Waals surface area contributed by atoms with Crippen LogP contribution in [0.25, 0.3) is 11.6 Å². The predicted molar refractivity (Wildman–Crippen MR) is 85.9 cm³/mol. The normalized spacial score (nSPS) is 13.4. The second-order valence-corrected chi connectivity index (χ2v) is 5.32. The Morgan fingerprint density at radius 3 is 2.67 bits per heavy atom. The van der Waals surface area contributed by atoms with E-state index in [1.807, 2.05) is 13.1 Å². The summed E-state index contributed by atoms with van der Waals surface area (Å²) < 4.78 is 5.28. The monoisotopic (exact) mass is 285 g/mol. The first kappa shape index (κ1) is 15.4. The molecule has 1 N–H and O–H groups in total. The number of likely N-dealkylation sites (N-methyl/N-ethyl adjacent to an activating group) is 1. The lowest BCUT2D eigenvalue weighted by molar-refractivity contribution is 0.400. The van der Waals surface area contributed by atoms with Gasteiger partial charge < -0.3 is 9.84 Å². The van der Waals surface area contributed by atoms with Crippen LogP contribution in [0.3, 0.4) is 0 Å². The van der Waals surface area contributed by atoms with Crippen LogP contribution in [0.4, 0.5) is 0 Å². The number of nitrogens with one attached hydrogen (secondary N) is 1. The van der Waals surface area contributed by atoms with Gasteiger partial charge in [-0.15, -0.1) is 0 Å². The van der Waals surface area contributed by atoms with Crippen LogP contribution >= 0.6 is 0 Å². The van der Waals surface area contributed by atoms with Gasteiger partial charge in [0.05, 0.1) is 0 Å². The van der Waals surface area contributed by atoms with Crippen molar-refractivity contribution in [1.29, 1.82) is 0 Å². The van der Waals surface area contributed by atoms with E-state index in [4.69, 9.17) is 4.52 Å². The third-order valence-electron chi connectivity index (χ3n) is 3.62. The molecular formula is C17H23N3O. The number of aromatic nitrogens is 2. The van der Waals surface area contributed by atoms with Gasteiger partial charge in [0, 0.05) is 18.5 Å². The first-order valence-corrected chi connectivity index (χ1v) is 7.39. The van der Waals surface area contributed by atoms with E-state index in [1.165, 1.54) is 11.1 Å². The van der Waals surface area contributed by atoms with Crippen molar-refractivity contribution in [2.45, 2.75) is 39.7 Å². The molecule has 4 nitrogen and oxygen atoms in total. The lowest BCUT2D eigenvalue weighted by atomic mass is 10.0. The molecule has 1 unspecified atom stereocenters. The molecule has 0 bridgehead atoms. The molecule has 1 aromatic heterocycles. The second-order valence-electron chi connectivity index (χ2n) is 5.32. The minimum atomic E-state index is 0.335. The number of aryl methyl sites for hydroxylation is 1. The zero-order chi connectivity index (χ0) is 15.2. The summed E-state index contributed by atoms with van der Waals surface area (Å²) in [6.07, 6.45) is 3.75. The maximum absolute atomic E-state index is 5.28. The highest BCUT2D eigenvalue weighted by Crippen LogP contribution is 2.18. The standard InChI is InChI=1S/C17H23N3O/c1-5-14-6-8-15(9-7-14)12(2)10-17-19-16(20-21-17)11-13(3)18-4/h6-10,13,18H,5,11H2,1-4H3/b12-10+. The largest absolute Gasteiger partial charge is 0.335 e. The molecule has 21 heavy (non-hydrogen) atoms. The van der Waals surface area contributed by atoms with E-state index in [9.17, 15) is 0 Å². The zero-order valence-corrected chi connectivity index (χ0v) is 13.2. The van der Waals surface area contributed by atoms with Crippen molar-refractivity contribution in [1.82, 2.24) is 15.5 Å². The SMILES string of the molecule is CCc1ccc(/C(C)=C/c2nc(CC(C)NC)no2)cc1. The van der Waals surface area contributed by atoms with Crippen molar-refractivity contribution in [2.75, 3.05) is 7.05 Å². The van der Waals surface area contributed by atoms with E-state index in [-0.39, 0.29) is 0 Å². The molecule has 0 saturated carbocycles. The maximum atomic E-state index is 5.28.